The van der Waals surface area contributed by atoms with Crippen LogP contribution in [0, 0.1) is 3.57 Å². The summed E-state index contributed by atoms with van der Waals surface area (Å²) in [5, 5.41) is 3.21. The summed E-state index contributed by atoms with van der Waals surface area (Å²) in [5.41, 5.74) is 2.06. The van der Waals surface area contributed by atoms with Crippen LogP contribution in [0.3, 0.4) is 0 Å². The smallest absolute Gasteiger partial charge is 0.294 e. The number of nitrogens with zero attached hydrogens (tertiary/aromatic N) is 1. The maximum absolute atomic E-state index is 12.9. The third kappa shape index (κ3) is 6.98. The highest BCUT2D eigenvalue weighted by molar-refractivity contribution is 14.1. The summed E-state index contributed by atoms with van der Waals surface area (Å²) >= 11 is 14.8. The molecule has 0 saturated carbocycles. The lowest BCUT2D eigenvalue weighted by Crippen LogP contribution is -2.36. The predicted octanol–water partition coefficient (Wildman–Crippen LogP) is 6.86. The van der Waals surface area contributed by atoms with Gasteiger partial charge < -0.3 is 14.8 Å². The highest BCUT2D eigenvalue weighted by Crippen LogP contribution is 2.37. The molecule has 11 heteroatoms. The standard InChI is InChI=1S/C26H19Cl2IN2O5S/c1-35-21-10-16(9-20(29)24(21)36-14-15-5-7-17(27)8-6-15)11-22-25(33)31(26(34)37-22)13-23(32)30-19-4-2-3-18(28)12-19/h2-12H,13-14H2,1H3,(H,30,32)/b22-11+. The molecule has 3 amide bonds. The fraction of sp³-hybridized carbons (Fsp3) is 0.115. The van der Waals surface area contributed by atoms with Crippen LogP contribution in [0.25, 0.3) is 6.08 Å². The van der Waals surface area contributed by atoms with Gasteiger partial charge in [0.2, 0.25) is 5.91 Å². The largest absolute Gasteiger partial charge is 0.493 e. The first-order chi connectivity index (χ1) is 17.7. The Morgan fingerprint density at radius 3 is 2.54 bits per heavy atom. The van der Waals surface area contributed by atoms with E-state index in [1.807, 2.05) is 18.2 Å². The molecule has 0 radical (unpaired) electrons. The second kappa shape index (κ2) is 12.2. The molecule has 3 aromatic rings. The molecule has 0 spiro atoms. The Balaban J connectivity index is 1.46. The molecule has 1 heterocycles. The van der Waals surface area contributed by atoms with Gasteiger partial charge in [0.25, 0.3) is 11.1 Å². The van der Waals surface area contributed by atoms with Crippen LogP contribution in [0.1, 0.15) is 11.1 Å². The molecule has 0 aliphatic carbocycles. The van der Waals surface area contributed by atoms with Crippen LogP contribution in [0.2, 0.25) is 10.0 Å². The van der Waals surface area contributed by atoms with Gasteiger partial charge in [-0.25, -0.2) is 0 Å². The van der Waals surface area contributed by atoms with Crippen molar-refractivity contribution >= 4 is 86.4 Å². The normalized spacial score (nSPS) is 14.3. The van der Waals surface area contributed by atoms with E-state index in [9.17, 15) is 14.4 Å². The Morgan fingerprint density at radius 1 is 1.08 bits per heavy atom. The van der Waals surface area contributed by atoms with Crippen molar-refractivity contribution in [2.24, 2.45) is 0 Å². The van der Waals surface area contributed by atoms with Gasteiger partial charge in [0.1, 0.15) is 13.2 Å². The van der Waals surface area contributed by atoms with Crippen molar-refractivity contribution in [3.05, 3.63) is 90.3 Å². The summed E-state index contributed by atoms with van der Waals surface area (Å²) in [4.78, 5) is 38.9. The van der Waals surface area contributed by atoms with Gasteiger partial charge in [0, 0.05) is 15.7 Å². The van der Waals surface area contributed by atoms with Crippen LogP contribution in [-0.2, 0) is 16.2 Å². The van der Waals surface area contributed by atoms with Gasteiger partial charge in [-0.1, -0.05) is 41.4 Å². The number of carbonyl (C=O) groups excluding carboxylic acids is 3. The van der Waals surface area contributed by atoms with Crippen LogP contribution in [-0.4, -0.2) is 35.6 Å². The van der Waals surface area contributed by atoms with Gasteiger partial charge in [-0.05, 0) is 94.0 Å². The maximum atomic E-state index is 12.9. The lowest BCUT2D eigenvalue weighted by molar-refractivity contribution is -0.127. The number of thioether (sulfide) groups is 1. The van der Waals surface area contributed by atoms with E-state index in [0.717, 1.165) is 25.8 Å². The van der Waals surface area contributed by atoms with Crippen molar-refractivity contribution in [1.29, 1.82) is 0 Å². The SMILES string of the molecule is COc1cc(/C=C2/SC(=O)N(CC(=O)Nc3cccc(Cl)c3)C2=O)cc(I)c1OCc1ccc(Cl)cc1. The zero-order valence-corrected chi connectivity index (χ0v) is 23.8. The Morgan fingerprint density at radius 2 is 1.84 bits per heavy atom. The van der Waals surface area contributed by atoms with E-state index in [1.54, 1.807) is 48.5 Å². The average molecular weight is 669 g/mol. The van der Waals surface area contributed by atoms with Crippen molar-refractivity contribution in [3.8, 4) is 11.5 Å². The van der Waals surface area contributed by atoms with E-state index in [-0.39, 0.29) is 4.91 Å². The molecule has 37 heavy (non-hydrogen) atoms. The van der Waals surface area contributed by atoms with Crippen molar-refractivity contribution in [3.63, 3.8) is 0 Å². The van der Waals surface area contributed by atoms with Crippen LogP contribution in [0.4, 0.5) is 10.5 Å². The highest BCUT2D eigenvalue weighted by Gasteiger charge is 2.36. The fourth-order valence-corrected chi connectivity index (χ4v) is 5.33. The Kier molecular flexibility index (Phi) is 9.01. The third-order valence-corrected chi connectivity index (χ3v) is 7.33. The molecule has 1 fully saturated rings. The first kappa shape index (κ1) is 27.3. The zero-order chi connectivity index (χ0) is 26.5. The molecule has 0 unspecified atom stereocenters. The zero-order valence-electron chi connectivity index (χ0n) is 19.3. The van der Waals surface area contributed by atoms with E-state index in [4.69, 9.17) is 32.7 Å². The number of benzene rings is 3. The van der Waals surface area contributed by atoms with Crippen LogP contribution < -0.4 is 14.8 Å². The molecular formula is C26H19Cl2IN2O5S. The molecule has 1 aliphatic rings. The lowest BCUT2D eigenvalue weighted by atomic mass is 10.1. The molecular weight excluding hydrogens is 650 g/mol. The summed E-state index contributed by atoms with van der Waals surface area (Å²) in [7, 11) is 1.52. The number of ether oxygens (including phenoxy) is 2. The van der Waals surface area contributed by atoms with Crippen molar-refractivity contribution in [2.75, 3.05) is 19.0 Å². The number of carbonyl (C=O) groups is 3. The monoisotopic (exact) mass is 668 g/mol. The molecule has 7 nitrogen and oxygen atoms in total. The van der Waals surface area contributed by atoms with Crippen LogP contribution in [0.5, 0.6) is 11.5 Å². The molecule has 0 aromatic heterocycles. The fourth-order valence-electron chi connectivity index (χ4n) is 3.40. The number of methoxy groups -OCH3 is 1. The summed E-state index contributed by atoms with van der Waals surface area (Å²) in [5.74, 6) is -0.0225. The minimum absolute atomic E-state index is 0.202. The van der Waals surface area contributed by atoms with E-state index in [2.05, 4.69) is 27.9 Å². The van der Waals surface area contributed by atoms with Gasteiger partial charge in [-0.15, -0.1) is 0 Å². The lowest BCUT2D eigenvalue weighted by Gasteiger charge is -2.14. The number of nitrogens with one attached hydrogen (secondary N) is 1. The topological polar surface area (TPSA) is 84.9 Å². The quantitative estimate of drug-likeness (QED) is 0.209. The van der Waals surface area contributed by atoms with E-state index in [1.165, 1.54) is 7.11 Å². The van der Waals surface area contributed by atoms with Crippen molar-refractivity contribution < 1.29 is 23.9 Å². The first-order valence-corrected chi connectivity index (χ1v) is 13.4. The van der Waals surface area contributed by atoms with Gasteiger partial charge in [-0.2, -0.15) is 0 Å². The van der Waals surface area contributed by atoms with Crippen LogP contribution >= 0.6 is 57.6 Å². The first-order valence-electron chi connectivity index (χ1n) is 10.8. The van der Waals surface area contributed by atoms with Gasteiger partial charge in [0.05, 0.1) is 15.6 Å². The molecule has 0 atom stereocenters. The van der Waals surface area contributed by atoms with Crippen molar-refractivity contribution in [2.45, 2.75) is 6.61 Å². The average Bonchev–Trinajstić information content (AvgIpc) is 3.11. The highest BCUT2D eigenvalue weighted by atomic mass is 127. The Labute approximate surface area is 241 Å². The molecule has 4 rings (SSSR count). The maximum Gasteiger partial charge on any atom is 0.294 e. The van der Waals surface area contributed by atoms with Gasteiger partial charge in [-0.3, -0.25) is 19.3 Å². The van der Waals surface area contributed by atoms with Gasteiger partial charge in [0.15, 0.2) is 11.5 Å². The molecule has 3 aromatic carbocycles. The van der Waals surface area contributed by atoms with E-state index >= 15 is 0 Å². The van der Waals surface area contributed by atoms with Gasteiger partial charge >= 0.3 is 0 Å². The predicted molar refractivity (Wildman–Crippen MR) is 154 cm³/mol. The van der Waals surface area contributed by atoms with Crippen molar-refractivity contribution in [1.82, 2.24) is 4.90 Å². The third-order valence-electron chi connectivity index (χ3n) is 5.13. The summed E-state index contributed by atoms with van der Waals surface area (Å²) in [6, 6.07) is 17.5. The summed E-state index contributed by atoms with van der Waals surface area (Å²) in [6.07, 6.45) is 1.59. The minimum atomic E-state index is -0.548. The second-order valence-electron chi connectivity index (χ2n) is 7.78. The minimum Gasteiger partial charge on any atom is -0.493 e. The number of imide groups is 1. The van der Waals surface area contributed by atoms with Crippen LogP contribution in [0.15, 0.2) is 65.6 Å². The van der Waals surface area contributed by atoms with E-state index < -0.39 is 23.6 Å². The number of hydrogen-bond acceptors (Lipinski definition) is 6. The Bertz CT molecular complexity index is 1400. The second-order valence-corrected chi connectivity index (χ2v) is 10.8. The molecule has 190 valence electrons. The molecule has 1 saturated heterocycles. The molecule has 0 bridgehead atoms. The summed E-state index contributed by atoms with van der Waals surface area (Å²) < 4.78 is 12.3. The molecule has 1 aliphatic heterocycles. The number of anilines is 1. The molecule has 1 N–H and O–H groups in total. The van der Waals surface area contributed by atoms with E-state index in [0.29, 0.717) is 39.4 Å². The number of hydrogen-bond donors (Lipinski definition) is 1. The Hall–Kier alpha value is -2.73. The summed E-state index contributed by atoms with van der Waals surface area (Å²) in [6.45, 7) is -0.0914. The number of rotatable bonds is 8. The number of halogens is 3. The number of amides is 3.